The third kappa shape index (κ3) is 2.53. The van der Waals surface area contributed by atoms with Crippen LogP contribution in [0.2, 0.25) is 0 Å². The Morgan fingerprint density at radius 1 is 1.05 bits per heavy atom. The monoisotopic (exact) mass is 398 g/mol. The molecular weight excluding hydrogens is 387 g/mol. The fraction of sp³-hybridized carbons (Fsp3) is 0. The van der Waals surface area contributed by atoms with E-state index in [1.165, 1.54) is 0 Å². The van der Waals surface area contributed by atoms with Gasteiger partial charge in [0.15, 0.2) is 0 Å². The molecule has 0 saturated heterocycles. The first-order chi connectivity index (χ1) is 9.56. The van der Waals surface area contributed by atoms with Crippen molar-refractivity contribution in [1.29, 1.82) is 0 Å². The first-order valence-electron chi connectivity index (χ1n) is 5.91. The van der Waals surface area contributed by atoms with Gasteiger partial charge in [0, 0.05) is 15.3 Å². The Balaban J connectivity index is 1.99. The summed E-state index contributed by atoms with van der Waals surface area (Å²) in [7, 11) is -3.57. The molecule has 0 amide bonds. The Kier molecular flexibility index (Phi) is 3.43. The number of aromatic amines is 1. The molecule has 0 spiro atoms. The van der Waals surface area contributed by atoms with Crippen LogP contribution in [0.15, 0.2) is 59.6 Å². The number of benzene rings is 2. The fourth-order valence-corrected chi connectivity index (χ4v) is 4.37. The molecule has 0 aliphatic rings. The van der Waals surface area contributed by atoms with E-state index < -0.39 is 10.0 Å². The molecule has 6 heteroatoms. The van der Waals surface area contributed by atoms with Crippen molar-refractivity contribution in [2.24, 2.45) is 0 Å². The van der Waals surface area contributed by atoms with Gasteiger partial charge in [0.1, 0.15) is 4.90 Å². The highest BCUT2D eigenvalue weighted by molar-refractivity contribution is 14.1. The average Bonchev–Trinajstić information content (AvgIpc) is 2.86. The summed E-state index contributed by atoms with van der Waals surface area (Å²) in [4.78, 5) is 3.34. The van der Waals surface area contributed by atoms with Crippen molar-refractivity contribution in [3.63, 3.8) is 0 Å². The predicted molar refractivity (Wildman–Crippen MR) is 88.3 cm³/mol. The minimum atomic E-state index is -3.57. The molecule has 102 valence electrons. The molecule has 1 aromatic heterocycles. The second-order valence-corrected chi connectivity index (χ2v) is 7.13. The number of aromatic nitrogens is 1. The van der Waals surface area contributed by atoms with Crippen molar-refractivity contribution < 1.29 is 8.42 Å². The molecule has 0 aliphatic carbocycles. The van der Waals surface area contributed by atoms with E-state index in [1.807, 2.05) is 47.0 Å². The van der Waals surface area contributed by atoms with Crippen molar-refractivity contribution in [2.75, 3.05) is 4.72 Å². The van der Waals surface area contributed by atoms with Crippen LogP contribution in [-0.4, -0.2) is 13.4 Å². The highest BCUT2D eigenvalue weighted by Crippen LogP contribution is 2.23. The van der Waals surface area contributed by atoms with Crippen LogP contribution in [0, 0.1) is 3.57 Å². The van der Waals surface area contributed by atoms with Gasteiger partial charge in [-0.1, -0.05) is 18.2 Å². The van der Waals surface area contributed by atoms with Crippen LogP contribution < -0.4 is 4.72 Å². The molecule has 3 rings (SSSR count). The fourth-order valence-electron chi connectivity index (χ4n) is 1.98. The van der Waals surface area contributed by atoms with E-state index in [0.717, 1.165) is 10.9 Å². The van der Waals surface area contributed by atoms with Crippen LogP contribution in [0.4, 0.5) is 5.69 Å². The highest BCUT2D eigenvalue weighted by Gasteiger charge is 2.17. The van der Waals surface area contributed by atoms with Crippen molar-refractivity contribution in [3.8, 4) is 0 Å². The Labute approximate surface area is 130 Å². The summed E-state index contributed by atoms with van der Waals surface area (Å²) in [6, 6.07) is 14.2. The van der Waals surface area contributed by atoms with E-state index >= 15 is 0 Å². The minimum absolute atomic E-state index is 0.284. The quantitative estimate of drug-likeness (QED) is 0.663. The molecule has 4 nitrogen and oxygen atoms in total. The van der Waals surface area contributed by atoms with Crippen LogP contribution >= 0.6 is 22.6 Å². The zero-order valence-corrected chi connectivity index (χ0v) is 13.3. The molecule has 0 fully saturated rings. The van der Waals surface area contributed by atoms with Crippen LogP contribution in [0.5, 0.6) is 0 Å². The van der Waals surface area contributed by atoms with Gasteiger partial charge in [-0.2, -0.15) is 0 Å². The zero-order valence-electron chi connectivity index (χ0n) is 10.3. The third-order valence-electron chi connectivity index (χ3n) is 2.93. The first-order valence-corrected chi connectivity index (χ1v) is 8.47. The summed E-state index contributed by atoms with van der Waals surface area (Å²) in [5.41, 5.74) is 1.44. The number of rotatable bonds is 3. The van der Waals surface area contributed by atoms with Gasteiger partial charge >= 0.3 is 0 Å². The molecule has 1 heterocycles. The standard InChI is InChI=1S/C14H11IN2O2S/c15-12-3-1-2-4-14(12)20(18,19)17-11-6-5-10-7-8-16-13(10)9-11/h1-9,16-17H. The molecule has 0 saturated carbocycles. The number of halogens is 1. The largest absolute Gasteiger partial charge is 0.361 e. The maximum Gasteiger partial charge on any atom is 0.262 e. The van der Waals surface area contributed by atoms with Crippen molar-refractivity contribution in [1.82, 2.24) is 4.98 Å². The second kappa shape index (κ2) is 5.10. The number of anilines is 1. The average molecular weight is 398 g/mol. The molecule has 3 aromatic rings. The SMILES string of the molecule is O=S(=O)(Nc1ccc2cc[nH]c2c1)c1ccccc1I. The second-order valence-electron chi connectivity index (χ2n) is 4.32. The van der Waals surface area contributed by atoms with Crippen LogP contribution in [0.25, 0.3) is 10.9 Å². The number of nitrogens with one attached hydrogen (secondary N) is 2. The number of hydrogen-bond acceptors (Lipinski definition) is 2. The lowest BCUT2D eigenvalue weighted by atomic mass is 10.2. The van der Waals surface area contributed by atoms with E-state index in [4.69, 9.17) is 0 Å². The van der Waals surface area contributed by atoms with E-state index in [2.05, 4.69) is 9.71 Å². The summed E-state index contributed by atoms with van der Waals surface area (Å²) in [6.07, 6.45) is 1.82. The molecule has 0 radical (unpaired) electrons. The topological polar surface area (TPSA) is 62.0 Å². The van der Waals surface area contributed by atoms with E-state index in [-0.39, 0.29) is 4.90 Å². The minimum Gasteiger partial charge on any atom is -0.361 e. The molecule has 0 bridgehead atoms. The lowest BCUT2D eigenvalue weighted by Gasteiger charge is -2.09. The summed E-state index contributed by atoms with van der Waals surface area (Å²) >= 11 is 2.02. The zero-order chi connectivity index (χ0) is 14.2. The Hall–Kier alpha value is -1.54. The van der Waals surface area contributed by atoms with E-state index in [9.17, 15) is 8.42 Å². The van der Waals surface area contributed by atoms with Gasteiger partial charge in [-0.3, -0.25) is 4.72 Å². The van der Waals surface area contributed by atoms with Crippen molar-refractivity contribution in [3.05, 3.63) is 58.3 Å². The van der Waals surface area contributed by atoms with Crippen LogP contribution in [0.1, 0.15) is 0 Å². The number of hydrogen-bond donors (Lipinski definition) is 2. The summed E-state index contributed by atoms with van der Waals surface area (Å²) in [5, 5.41) is 1.04. The molecule has 20 heavy (non-hydrogen) atoms. The first kappa shape index (κ1) is 13.4. The van der Waals surface area contributed by atoms with Crippen molar-refractivity contribution >= 4 is 49.2 Å². The summed E-state index contributed by atoms with van der Waals surface area (Å²) in [6.45, 7) is 0. The van der Waals surface area contributed by atoms with E-state index in [0.29, 0.717) is 9.26 Å². The van der Waals surface area contributed by atoms with Gasteiger partial charge < -0.3 is 4.98 Å². The van der Waals surface area contributed by atoms with Gasteiger partial charge in [0.2, 0.25) is 0 Å². The van der Waals surface area contributed by atoms with Crippen molar-refractivity contribution in [2.45, 2.75) is 4.90 Å². The number of fused-ring (bicyclic) bond motifs is 1. The van der Waals surface area contributed by atoms with Gasteiger partial charge in [-0.25, -0.2) is 8.42 Å². The Bertz CT molecular complexity index is 872. The van der Waals surface area contributed by atoms with Crippen LogP contribution in [-0.2, 0) is 10.0 Å². The number of sulfonamides is 1. The van der Waals surface area contributed by atoms with Gasteiger partial charge in [-0.15, -0.1) is 0 Å². The molecule has 0 aliphatic heterocycles. The molecule has 0 atom stereocenters. The van der Waals surface area contributed by atoms with Gasteiger partial charge in [0.05, 0.1) is 5.69 Å². The maximum absolute atomic E-state index is 12.4. The lowest BCUT2D eigenvalue weighted by molar-refractivity contribution is 0.600. The van der Waals surface area contributed by atoms with Gasteiger partial charge in [0.25, 0.3) is 10.0 Å². The van der Waals surface area contributed by atoms with E-state index in [1.54, 1.807) is 30.3 Å². The lowest BCUT2D eigenvalue weighted by Crippen LogP contribution is -2.14. The number of H-pyrrole nitrogens is 1. The normalized spacial score (nSPS) is 11.7. The maximum atomic E-state index is 12.4. The molecule has 0 unspecified atom stereocenters. The van der Waals surface area contributed by atoms with Crippen LogP contribution in [0.3, 0.4) is 0 Å². The third-order valence-corrected chi connectivity index (χ3v) is 5.68. The molecule has 2 aromatic carbocycles. The molecular formula is C14H11IN2O2S. The smallest absolute Gasteiger partial charge is 0.262 e. The molecule has 2 N–H and O–H groups in total. The Morgan fingerprint density at radius 2 is 1.85 bits per heavy atom. The van der Waals surface area contributed by atoms with Gasteiger partial charge in [-0.05, 0) is 58.3 Å². The summed E-state index contributed by atoms with van der Waals surface area (Å²) < 4.78 is 28.0. The highest BCUT2D eigenvalue weighted by atomic mass is 127. The predicted octanol–water partition coefficient (Wildman–Crippen LogP) is 3.57. The Morgan fingerprint density at radius 3 is 2.65 bits per heavy atom. The summed E-state index contributed by atoms with van der Waals surface area (Å²) in [5.74, 6) is 0.